The SMILES string of the molecule is CC(C)c1ccc(/C=C2\SC(=S)N(CCC(=O)NCc3ccco3)C2=O)cc1. The molecule has 1 fully saturated rings. The Balaban J connectivity index is 1.56. The number of hydrogen-bond donors (Lipinski definition) is 1. The van der Waals surface area contributed by atoms with E-state index in [4.69, 9.17) is 16.6 Å². The molecular weight excluding hydrogens is 392 g/mol. The summed E-state index contributed by atoms with van der Waals surface area (Å²) in [4.78, 5) is 26.7. The van der Waals surface area contributed by atoms with Crippen molar-refractivity contribution in [1.29, 1.82) is 0 Å². The lowest BCUT2D eigenvalue weighted by atomic mass is 10.0. The van der Waals surface area contributed by atoms with Crippen molar-refractivity contribution in [2.24, 2.45) is 0 Å². The molecule has 7 heteroatoms. The second-order valence-electron chi connectivity index (χ2n) is 6.76. The van der Waals surface area contributed by atoms with Gasteiger partial charge in [0.15, 0.2) is 0 Å². The van der Waals surface area contributed by atoms with Crippen LogP contribution >= 0.6 is 24.0 Å². The summed E-state index contributed by atoms with van der Waals surface area (Å²) in [6.07, 6.45) is 3.59. The number of carbonyl (C=O) groups is 2. The number of thioether (sulfide) groups is 1. The molecular formula is C21H22N2O3S2. The molecule has 2 aromatic rings. The van der Waals surface area contributed by atoms with Gasteiger partial charge in [-0.2, -0.15) is 0 Å². The van der Waals surface area contributed by atoms with Crippen LogP contribution in [0.15, 0.2) is 52.0 Å². The number of nitrogens with zero attached hydrogens (tertiary/aromatic N) is 1. The molecule has 1 saturated heterocycles. The highest BCUT2D eigenvalue weighted by molar-refractivity contribution is 8.26. The third-order valence-corrected chi connectivity index (χ3v) is 5.75. The van der Waals surface area contributed by atoms with Crippen molar-refractivity contribution in [3.63, 3.8) is 0 Å². The number of furan rings is 1. The van der Waals surface area contributed by atoms with E-state index in [1.165, 1.54) is 22.2 Å². The Hall–Kier alpha value is -2.38. The first-order valence-corrected chi connectivity index (χ1v) is 10.3. The molecule has 0 aliphatic carbocycles. The first-order valence-electron chi connectivity index (χ1n) is 9.08. The second kappa shape index (κ2) is 9.21. The van der Waals surface area contributed by atoms with E-state index in [0.29, 0.717) is 27.4 Å². The van der Waals surface area contributed by atoms with Gasteiger partial charge in [-0.1, -0.05) is 62.1 Å². The van der Waals surface area contributed by atoms with Gasteiger partial charge in [0, 0.05) is 13.0 Å². The van der Waals surface area contributed by atoms with Crippen molar-refractivity contribution >= 4 is 46.2 Å². The molecule has 1 aromatic heterocycles. The van der Waals surface area contributed by atoms with Gasteiger partial charge < -0.3 is 9.73 Å². The maximum Gasteiger partial charge on any atom is 0.266 e. The van der Waals surface area contributed by atoms with E-state index < -0.39 is 0 Å². The molecule has 0 bridgehead atoms. The van der Waals surface area contributed by atoms with Gasteiger partial charge >= 0.3 is 0 Å². The van der Waals surface area contributed by atoms with Crippen molar-refractivity contribution in [1.82, 2.24) is 10.2 Å². The summed E-state index contributed by atoms with van der Waals surface area (Å²) >= 11 is 6.60. The molecule has 2 amide bonds. The summed E-state index contributed by atoms with van der Waals surface area (Å²) in [5, 5.41) is 2.77. The molecule has 1 N–H and O–H groups in total. The maximum atomic E-state index is 12.7. The number of rotatable bonds is 7. The summed E-state index contributed by atoms with van der Waals surface area (Å²) in [5.74, 6) is 0.844. The zero-order valence-corrected chi connectivity index (χ0v) is 17.4. The highest BCUT2D eigenvalue weighted by Crippen LogP contribution is 2.32. The summed E-state index contributed by atoms with van der Waals surface area (Å²) in [7, 11) is 0. The van der Waals surface area contributed by atoms with E-state index in [1.807, 2.05) is 18.2 Å². The number of amides is 2. The Kier molecular flexibility index (Phi) is 6.70. The fourth-order valence-electron chi connectivity index (χ4n) is 2.72. The smallest absolute Gasteiger partial charge is 0.266 e. The fraction of sp³-hybridized carbons (Fsp3) is 0.286. The molecule has 0 spiro atoms. The average molecular weight is 415 g/mol. The zero-order valence-electron chi connectivity index (χ0n) is 15.8. The van der Waals surface area contributed by atoms with Gasteiger partial charge in [0.05, 0.1) is 17.7 Å². The van der Waals surface area contributed by atoms with Gasteiger partial charge in [0.2, 0.25) is 5.91 Å². The van der Waals surface area contributed by atoms with Gasteiger partial charge in [-0.3, -0.25) is 14.5 Å². The standard InChI is InChI=1S/C21H22N2O3S2/c1-14(2)16-7-5-15(6-8-16)12-18-20(25)23(21(27)28-18)10-9-19(24)22-13-17-4-3-11-26-17/h3-8,11-12,14H,9-10,13H2,1-2H3,(H,22,24)/b18-12-. The van der Waals surface area contributed by atoms with Gasteiger partial charge in [0.1, 0.15) is 10.1 Å². The van der Waals surface area contributed by atoms with Gasteiger partial charge in [-0.25, -0.2) is 0 Å². The lowest BCUT2D eigenvalue weighted by Crippen LogP contribution is -2.33. The second-order valence-corrected chi connectivity index (χ2v) is 8.44. The molecule has 1 aliphatic rings. The Morgan fingerprint density at radius 3 is 2.68 bits per heavy atom. The number of carbonyl (C=O) groups excluding carboxylic acids is 2. The number of nitrogens with one attached hydrogen (secondary N) is 1. The van der Waals surface area contributed by atoms with Crippen LogP contribution in [0.2, 0.25) is 0 Å². The minimum Gasteiger partial charge on any atom is -0.467 e. The normalized spacial score (nSPS) is 15.7. The fourth-order valence-corrected chi connectivity index (χ4v) is 4.03. The van der Waals surface area contributed by atoms with Crippen LogP contribution in [0.1, 0.15) is 43.1 Å². The Morgan fingerprint density at radius 2 is 2.04 bits per heavy atom. The van der Waals surface area contributed by atoms with Gasteiger partial charge in [0.25, 0.3) is 5.91 Å². The lowest BCUT2D eigenvalue weighted by molar-refractivity contribution is -0.124. The molecule has 3 rings (SSSR count). The molecule has 2 heterocycles. The number of hydrogen-bond acceptors (Lipinski definition) is 5. The van der Waals surface area contributed by atoms with Crippen molar-refractivity contribution < 1.29 is 14.0 Å². The van der Waals surface area contributed by atoms with E-state index in [-0.39, 0.29) is 24.8 Å². The van der Waals surface area contributed by atoms with Crippen LogP contribution in [0, 0.1) is 0 Å². The zero-order chi connectivity index (χ0) is 20.1. The van der Waals surface area contributed by atoms with Crippen LogP contribution in [-0.2, 0) is 16.1 Å². The molecule has 1 aromatic carbocycles. The van der Waals surface area contributed by atoms with E-state index in [9.17, 15) is 9.59 Å². The van der Waals surface area contributed by atoms with Crippen molar-refractivity contribution in [3.05, 3.63) is 64.5 Å². The van der Waals surface area contributed by atoms with E-state index >= 15 is 0 Å². The van der Waals surface area contributed by atoms with E-state index in [2.05, 4.69) is 31.3 Å². The summed E-state index contributed by atoms with van der Waals surface area (Å²) in [6, 6.07) is 11.7. The third kappa shape index (κ3) is 5.11. The molecule has 0 saturated carbocycles. The summed E-state index contributed by atoms with van der Waals surface area (Å²) in [5.41, 5.74) is 2.21. The topological polar surface area (TPSA) is 62.6 Å². The van der Waals surface area contributed by atoms with E-state index in [0.717, 1.165) is 5.56 Å². The molecule has 146 valence electrons. The summed E-state index contributed by atoms with van der Waals surface area (Å²) < 4.78 is 5.66. The number of thiocarbonyl (C=S) groups is 1. The Morgan fingerprint density at radius 1 is 1.29 bits per heavy atom. The highest BCUT2D eigenvalue weighted by atomic mass is 32.2. The predicted molar refractivity (Wildman–Crippen MR) is 116 cm³/mol. The highest BCUT2D eigenvalue weighted by Gasteiger charge is 2.32. The third-order valence-electron chi connectivity index (χ3n) is 4.38. The Bertz CT molecular complexity index is 887. The predicted octanol–water partition coefficient (Wildman–Crippen LogP) is 4.31. The molecule has 0 radical (unpaired) electrons. The summed E-state index contributed by atoms with van der Waals surface area (Å²) in [6.45, 7) is 4.88. The van der Waals surface area contributed by atoms with Crippen LogP contribution in [-0.4, -0.2) is 27.6 Å². The quantitative estimate of drug-likeness (QED) is 0.540. The van der Waals surface area contributed by atoms with Crippen molar-refractivity contribution in [2.45, 2.75) is 32.7 Å². The average Bonchev–Trinajstić information content (AvgIpc) is 3.28. The largest absolute Gasteiger partial charge is 0.467 e. The van der Waals surface area contributed by atoms with Crippen molar-refractivity contribution in [3.8, 4) is 0 Å². The number of benzene rings is 1. The van der Waals surface area contributed by atoms with Crippen LogP contribution in [0.25, 0.3) is 6.08 Å². The molecule has 0 unspecified atom stereocenters. The van der Waals surface area contributed by atoms with Crippen LogP contribution in [0.5, 0.6) is 0 Å². The van der Waals surface area contributed by atoms with Gasteiger partial charge in [-0.05, 0) is 35.3 Å². The molecule has 0 atom stereocenters. The van der Waals surface area contributed by atoms with Crippen molar-refractivity contribution in [2.75, 3.05) is 6.54 Å². The minimum absolute atomic E-state index is 0.151. The Labute approximate surface area is 174 Å². The van der Waals surface area contributed by atoms with Gasteiger partial charge in [-0.15, -0.1) is 0 Å². The van der Waals surface area contributed by atoms with Crippen LogP contribution < -0.4 is 5.32 Å². The lowest BCUT2D eigenvalue weighted by Gasteiger charge is -2.13. The molecule has 1 aliphatic heterocycles. The minimum atomic E-state index is -0.154. The molecule has 5 nitrogen and oxygen atoms in total. The van der Waals surface area contributed by atoms with E-state index in [1.54, 1.807) is 18.4 Å². The molecule has 28 heavy (non-hydrogen) atoms. The maximum absolute atomic E-state index is 12.7. The first kappa shape index (κ1) is 20.4. The van der Waals surface area contributed by atoms with Crippen LogP contribution in [0.3, 0.4) is 0 Å². The first-order chi connectivity index (χ1) is 13.4. The monoisotopic (exact) mass is 414 g/mol. The van der Waals surface area contributed by atoms with Crippen LogP contribution in [0.4, 0.5) is 0 Å².